The van der Waals surface area contributed by atoms with Crippen molar-refractivity contribution in [3.63, 3.8) is 0 Å². The van der Waals surface area contributed by atoms with Gasteiger partial charge >= 0.3 is 6.18 Å². The van der Waals surface area contributed by atoms with E-state index in [9.17, 15) is 27.5 Å². The van der Waals surface area contributed by atoms with Crippen LogP contribution >= 0.6 is 0 Å². The largest absolute Gasteiger partial charge is 0.490 e. The fraction of sp³-hybridized carbons (Fsp3) is 0.440. The van der Waals surface area contributed by atoms with Crippen molar-refractivity contribution < 1.29 is 32.2 Å². The van der Waals surface area contributed by atoms with Crippen LogP contribution in [0.15, 0.2) is 60.7 Å². The highest BCUT2D eigenvalue weighted by atomic mass is 19.4. The third-order valence-corrected chi connectivity index (χ3v) is 2.78. The van der Waals surface area contributed by atoms with E-state index in [-0.39, 0.29) is 13.5 Å². The highest BCUT2D eigenvalue weighted by Gasteiger charge is 2.31. The number of halogens is 4. The number of ether oxygens (including phenoxy) is 1. The van der Waals surface area contributed by atoms with E-state index in [1.54, 1.807) is 24.3 Å². The maximum atomic E-state index is 12.0. The van der Waals surface area contributed by atoms with Crippen LogP contribution < -0.4 is 10.1 Å². The molecule has 2 aromatic rings. The predicted octanol–water partition coefficient (Wildman–Crippen LogP) is 7.20. The molecule has 2 aromatic carbocycles. The van der Waals surface area contributed by atoms with Crippen LogP contribution in [-0.2, 0) is 4.79 Å². The van der Waals surface area contributed by atoms with Gasteiger partial charge in [-0.25, -0.2) is 6.57 Å². The summed E-state index contributed by atoms with van der Waals surface area (Å²) < 4.78 is 46.0. The molecule has 34 heavy (non-hydrogen) atoms. The van der Waals surface area contributed by atoms with Crippen molar-refractivity contribution in [1.29, 1.82) is 0 Å². The van der Waals surface area contributed by atoms with Crippen molar-refractivity contribution in [1.82, 2.24) is 0 Å². The molecule has 1 amide bonds. The molecule has 0 aliphatic carbocycles. The van der Waals surface area contributed by atoms with Crippen molar-refractivity contribution in [2.45, 2.75) is 53.3 Å². The molecule has 0 bridgehead atoms. The number of amides is 1. The van der Waals surface area contributed by atoms with Crippen LogP contribution in [0.2, 0.25) is 0 Å². The molecule has 0 aliphatic heterocycles. The first-order valence-electron chi connectivity index (χ1n) is 10.5. The zero-order chi connectivity index (χ0) is 27.6. The van der Waals surface area contributed by atoms with Gasteiger partial charge in [0.1, 0.15) is 12.4 Å². The van der Waals surface area contributed by atoms with E-state index in [0.29, 0.717) is 18.6 Å². The Bertz CT molecular complexity index is 727. The molecule has 5 nitrogen and oxygen atoms in total. The Kier molecular flexibility index (Phi) is 27.5. The number of aliphatic hydroxyl groups is 1. The number of rotatable bonds is 5. The number of alkyl halides is 4. The summed E-state index contributed by atoms with van der Waals surface area (Å²) in [4.78, 5) is 14.8. The molecule has 0 unspecified atom stereocenters. The number of carbonyl (C=O) groups excluding carboxylic acids is 1. The van der Waals surface area contributed by atoms with Crippen LogP contribution in [0.4, 0.5) is 23.2 Å². The number of para-hydroxylation sites is 2. The van der Waals surface area contributed by atoms with Gasteiger partial charge in [-0.15, -0.1) is 0 Å². The molecule has 0 saturated heterocycles. The third-order valence-electron chi connectivity index (χ3n) is 2.78. The van der Waals surface area contributed by atoms with Gasteiger partial charge in [-0.1, -0.05) is 64.1 Å². The second-order valence-electron chi connectivity index (χ2n) is 5.70. The van der Waals surface area contributed by atoms with Crippen LogP contribution in [-0.4, -0.2) is 43.6 Å². The van der Waals surface area contributed by atoms with Gasteiger partial charge in [0.25, 0.3) is 5.91 Å². The lowest BCUT2D eigenvalue weighted by Gasteiger charge is -2.22. The van der Waals surface area contributed by atoms with E-state index in [0.717, 1.165) is 0 Å². The Labute approximate surface area is 201 Å². The van der Waals surface area contributed by atoms with E-state index in [1.165, 1.54) is 14.0 Å². The second kappa shape index (κ2) is 24.5. The fourth-order valence-corrected chi connectivity index (χ4v) is 1.59. The highest BCUT2D eigenvalue weighted by Crippen LogP contribution is 2.15. The molecular weight excluding hydrogens is 452 g/mol. The first kappa shape index (κ1) is 38.2. The SMILES string of the molecule is CC.CC.CC(F)(F)F.CF.C[C@](O)(COc1ccccc1)C(=O)Nc1ccccc1.[C-]#[N+]C. The number of anilines is 1. The van der Waals surface area contributed by atoms with Crippen molar-refractivity contribution in [3.8, 4) is 5.75 Å². The van der Waals surface area contributed by atoms with E-state index in [1.807, 2.05) is 64.1 Å². The molecular formula is C25H38F4N2O3. The monoisotopic (exact) mass is 490 g/mol. The Balaban J connectivity index is -0.000000269. The van der Waals surface area contributed by atoms with Crippen molar-refractivity contribution in [2.24, 2.45) is 0 Å². The van der Waals surface area contributed by atoms with Gasteiger partial charge in [-0.2, -0.15) is 13.2 Å². The molecule has 0 saturated carbocycles. The number of carbonyl (C=O) groups is 1. The zero-order valence-electron chi connectivity index (χ0n) is 21.2. The van der Waals surface area contributed by atoms with Gasteiger partial charge < -0.3 is 20.0 Å². The molecule has 9 heteroatoms. The smallest absolute Gasteiger partial charge is 0.386 e. The Hall–Kier alpha value is -3.12. The summed E-state index contributed by atoms with van der Waals surface area (Å²) in [7, 11) is 1.92. The van der Waals surface area contributed by atoms with E-state index in [4.69, 9.17) is 11.3 Å². The predicted molar refractivity (Wildman–Crippen MR) is 132 cm³/mol. The lowest BCUT2D eigenvalue weighted by Crippen LogP contribution is -2.45. The maximum absolute atomic E-state index is 12.0. The number of hydrogen-bond acceptors (Lipinski definition) is 3. The standard InChI is InChI=1S/C16H17NO3.C2H3F3.C2H3N.2C2H6.CH3F/c1-16(19,12-20-14-10-6-3-7-11-14)15(18)17-13-8-4-2-5-9-13;1-2(3,4)5;1-3-2;3*1-2/h2-11,19H,12H2,1H3,(H,17,18);1H3;1H3;2*1-2H3;1H3/t16-;;;;;/m0...../s1. The second-order valence-corrected chi connectivity index (χ2v) is 5.70. The van der Waals surface area contributed by atoms with Gasteiger partial charge in [0, 0.05) is 12.6 Å². The molecule has 0 aromatic heterocycles. The van der Waals surface area contributed by atoms with Gasteiger partial charge in [0.2, 0.25) is 7.05 Å². The third kappa shape index (κ3) is 26.9. The Morgan fingerprint density at radius 1 is 0.941 bits per heavy atom. The Morgan fingerprint density at radius 2 is 1.26 bits per heavy atom. The minimum atomic E-state index is -4.00. The topological polar surface area (TPSA) is 62.9 Å². The van der Waals surface area contributed by atoms with E-state index < -0.39 is 17.7 Å². The molecule has 0 fully saturated rings. The summed E-state index contributed by atoms with van der Waals surface area (Å²) in [5, 5.41) is 12.8. The molecule has 0 heterocycles. The number of nitrogens with zero attached hydrogens (tertiary/aromatic N) is 1. The highest BCUT2D eigenvalue weighted by molar-refractivity contribution is 5.96. The average Bonchev–Trinajstić information content (AvgIpc) is 2.82. The lowest BCUT2D eigenvalue weighted by molar-refractivity contribution is -0.135. The molecule has 0 aliphatic rings. The summed E-state index contributed by atoms with van der Waals surface area (Å²) in [6.07, 6.45) is -4.00. The van der Waals surface area contributed by atoms with Crippen molar-refractivity contribution >= 4 is 11.6 Å². The van der Waals surface area contributed by atoms with Gasteiger partial charge in [-0.3, -0.25) is 9.18 Å². The van der Waals surface area contributed by atoms with Gasteiger partial charge in [-0.05, 0) is 31.2 Å². The van der Waals surface area contributed by atoms with Crippen LogP contribution in [0.1, 0.15) is 41.5 Å². The molecule has 0 radical (unpaired) electrons. The number of benzene rings is 2. The van der Waals surface area contributed by atoms with Crippen LogP contribution in [0.5, 0.6) is 5.75 Å². The summed E-state index contributed by atoms with van der Waals surface area (Å²) in [6.45, 7) is 15.3. The quantitative estimate of drug-likeness (QED) is 0.344. The van der Waals surface area contributed by atoms with Crippen LogP contribution in [0.3, 0.4) is 0 Å². The molecule has 2 N–H and O–H groups in total. The van der Waals surface area contributed by atoms with Crippen LogP contribution in [0.25, 0.3) is 4.85 Å². The normalized spacial score (nSPS) is 10.4. The minimum absolute atomic E-state index is 0.115. The minimum Gasteiger partial charge on any atom is -0.490 e. The van der Waals surface area contributed by atoms with Gasteiger partial charge in [0.05, 0.1) is 7.18 Å². The molecule has 1 atom stereocenters. The summed E-state index contributed by atoms with van der Waals surface area (Å²) in [6, 6.07) is 18.0. The van der Waals surface area contributed by atoms with E-state index >= 15 is 0 Å². The molecule has 0 spiro atoms. The first-order chi connectivity index (χ1) is 16.0. The number of hydrogen-bond donors (Lipinski definition) is 2. The average molecular weight is 491 g/mol. The fourth-order valence-electron chi connectivity index (χ4n) is 1.59. The number of nitrogens with one attached hydrogen (secondary N) is 1. The maximum Gasteiger partial charge on any atom is 0.386 e. The summed E-state index contributed by atoms with van der Waals surface area (Å²) in [5.74, 6) is 0.111. The lowest BCUT2D eigenvalue weighted by atomic mass is 10.1. The molecule has 2 rings (SSSR count). The zero-order valence-corrected chi connectivity index (χ0v) is 21.2. The van der Waals surface area contributed by atoms with E-state index in [2.05, 4.69) is 10.2 Å². The summed E-state index contributed by atoms with van der Waals surface area (Å²) >= 11 is 0. The van der Waals surface area contributed by atoms with Gasteiger partial charge in [0.15, 0.2) is 5.60 Å². The van der Waals surface area contributed by atoms with Crippen molar-refractivity contribution in [2.75, 3.05) is 26.1 Å². The van der Waals surface area contributed by atoms with Crippen molar-refractivity contribution in [3.05, 3.63) is 72.1 Å². The summed E-state index contributed by atoms with van der Waals surface area (Å²) in [5.41, 5.74) is -0.969. The molecule has 194 valence electrons. The Morgan fingerprint density at radius 3 is 1.62 bits per heavy atom. The van der Waals surface area contributed by atoms with Crippen LogP contribution in [0, 0.1) is 6.57 Å². The first-order valence-corrected chi connectivity index (χ1v) is 10.5.